The van der Waals surface area contributed by atoms with Crippen LogP contribution in [0.1, 0.15) is 32.3 Å². The minimum atomic E-state index is -0.884. The minimum absolute atomic E-state index is 0.378. The quantitative estimate of drug-likeness (QED) is 0.873. The smallest absolute Gasteiger partial charge is 0.325 e. The zero-order valence-corrected chi connectivity index (χ0v) is 12.8. The summed E-state index contributed by atoms with van der Waals surface area (Å²) in [6.07, 6.45) is 3.26. The fraction of sp³-hybridized carbons (Fsp3) is 0.588. The van der Waals surface area contributed by atoms with Crippen molar-refractivity contribution >= 4 is 11.7 Å². The van der Waals surface area contributed by atoms with Gasteiger partial charge in [0.1, 0.15) is 5.54 Å². The van der Waals surface area contributed by atoms with Crippen molar-refractivity contribution in [3.63, 3.8) is 0 Å². The van der Waals surface area contributed by atoms with Crippen molar-refractivity contribution < 1.29 is 9.90 Å². The van der Waals surface area contributed by atoms with Crippen LogP contribution >= 0.6 is 0 Å². The Morgan fingerprint density at radius 3 is 2.81 bits per heavy atom. The summed E-state index contributed by atoms with van der Waals surface area (Å²) in [5, 5.41) is 13.0. The van der Waals surface area contributed by atoms with Crippen molar-refractivity contribution in [1.29, 1.82) is 0 Å². The van der Waals surface area contributed by atoms with E-state index in [9.17, 15) is 9.90 Å². The number of rotatable bonds is 5. The maximum absolute atomic E-state index is 11.8. The Kier molecular flexibility index (Phi) is 3.66. The fourth-order valence-electron chi connectivity index (χ4n) is 3.29. The highest BCUT2D eigenvalue weighted by molar-refractivity contribution is 5.79. The molecule has 1 fully saturated rings. The van der Waals surface area contributed by atoms with E-state index in [4.69, 9.17) is 0 Å². The van der Waals surface area contributed by atoms with Gasteiger partial charge in [-0.3, -0.25) is 10.1 Å². The molecule has 0 radical (unpaired) electrons. The molecule has 0 spiro atoms. The van der Waals surface area contributed by atoms with Crippen molar-refractivity contribution in [1.82, 2.24) is 5.32 Å². The lowest BCUT2D eigenvalue weighted by atomic mass is 9.91. The van der Waals surface area contributed by atoms with E-state index in [-0.39, 0.29) is 0 Å². The number of anilines is 1. The average Bonchev–Trinajstić information content (AvgIpc) is 3.22. The maximum Gasteiger partial charge on any atom is 0.325 e. The highest BCUT2D eigenvalue weighted by Gasteiger charge is 2.41. The molecule has 0 bridgehead atoms. The largest absolute Gasteiger partial charge is 0.480 e. The molecule has 114 valence electrons. The van der Waals surface area contributed by atoms with Gasteiger partial charge in [-0.25, -0.2) is 0 Å². The lowest BCUT2D eigenvalue weighted by Crippen LogP contribution is -2.58. The molecule has 2 N–H and O–H groups in total. The van der Waals surface area contributed by atoms with E-state index in [2.05, 4.69) is 35.3 Å². The number of carboxylic acids is 1. The number of carboxylic acid groups (broad SMARTS) is 1. The van der Waals surface area contributed by atoms with Crippen LogP contribution in [0.2, 0.25) is 0 Å². The fourth-order valence-corrected chi connectivity index (χ4v) is 3.29. The van der Waals surface area contributed by atoms with Gasteiger partial charge in [0, 0.05) is 24.8 Å². The van der Waals surface area contributed by atoms with Crippen LogP contribution in [-0.2, 0) is 11.2 Å². The van der Waals surface area contributed by atoms with Gasteiger partial charge in [0.2, 0.25) is 0 Å². The molecule has 2 atom stereocenters. The molecule has 2 aliphatic rings. The van der Waals surface area contributed by atoms with Crippen molar-refractivity contribution in [2.75, 3.05) is 18.0 Å². The first-order valence-corrected chi connectivity index (χ1v) is 7.82. The predicted octanol–water partition coefficient (Wildman–Crippen LogP) is 2.28. The first kappa shape index (κ1) is 14.4. The number of hydrogen-bond acceptors (Lipinski definition) is 3. The molecule has 2 unspecified atom stereocenters. The van der Waals surface area contributed by atoms with E-state index >= 15 is 0 Å². The lowest BCUT2D eigenvalue weighted by molar-refractivity contribution is -0.143. The third-order valence-corrected chi connectivity index (χ3v) is 4.51. The lowest BCUT2D eigenvalue weighted by Gasteiger charge is -2.40. The summed E-state index contributed by atoms with van der Waals surface area (Å²) in [7, 11) is 0. The summed E-state index contributed by atoms with van der Waals surface area (Å²) in [4.78, 5) is 14.0. The van der Waals surface area contributed by atoms with E-state index in [1.807, 2.05) is 13.0 Å². The molecule has 0 saturated heterocycles. The molecule has 4 heteroatoms. The number of fused-ring (bicyclic) bond motifs is 1. The number of para-hydroxylation sites is 1. The van der Waals surface area contributed by atoms with Crippen molar-refractivity contribution in [2.45, 2.75) is 44.7 Å². The zero-order valence-electron chi connectivity index (χ0n) is 12.8. The zero-order chi connectivity index (χ0) is 15.0. The molecule has 21 heavy (non-hydrogen) atoms. The molecule has 4 nitrogen and oxygen atoms in total. The molecule has 3 rings (SSSR count). The Balaban J connectivity index is 1.83. The summed E-state index contributed by atoms with van der Waals surface area (Å²) >= 11 is 0. The molecule has 1 heterocycles. The topological polar surface area (TPSA) is 52.6 Å². The van der Waals surface area contributed by atoms with Gasteiger partial charge in [-0.15, -0.1) is 0 Å². The number of hydrogen-bond donors (Lipinski definition) is 2. The minimum Gasteiger partial charge on any atom is -0.480 e. The number of benzene rings is 1. The van der Waals surface area contributed by atoms with Gasteiger partial charge >= 0.3 is 5.97 Å². The number of nitrogens with zero attached hydrogens (tertiary/aromatic N) is 1. The second kappa shape index (κ2) is 5.34. The molecule has 1 aliphatic heterocycles. The van der Waals surface area contributed by atoms with Crippen LogP contribution in [0, 0.1) is 5.92 Å². The van der Waals surface area contributed by atoms with Gasteiger partial charge in [-0.1, -0.05) is 25.1 Å². The van der Waals surface area contributed by atoms with E-state index < -0.39 is 11.5 Å². The van der Waals surface area contributed by atoms with Crippen LogP contribution in [0.5, 0.6) is 0 Å². The normalized spacial score (nSPS) is 24.3. The standard InChI is InChI=1S/C17H24N2O2/c1-12-9-13-5-3-4-6-15(13)19(10-12)11-17(2,16(20)21)18-14-7-8-14/h3-6,12,14,18H,7-11H2,1-2H3,(H,20,21). The monoisotopic (exact) mass is 288 g/mol. The number of carbonyl (C=O) groups is 1. The first-order valence-electron chi connectivity index (χ1n) is 7.82. The Morgan fingerprint density at radius 2 is 2.14 bits per heavy atom. The van der Waals surface area contributed by atoms with Crippen molar-refractivity contribution in [3.8, 4) is 0 Å². The SMILES string of the molecule is CC1Cc2ccccc2N(CC(C)(NC2CC2)C(=O)O)C1. The van der Waals surface area contributed by atoms with E-state index in [1.54, 1.807) is 0 Å². The summed E-state index contributed by atoms with van der Waals surface area (Å²) in [5.41, 5.74) is 1.64. The van der Waals surface area contributed by atoms with Gasteiger partial charge in [0.15, 0.2) is 0 Å². The van der Waals surface area contributed by atoms with Crippen LogP contribution in [0.3, 0.4) is 0 Å². The van der Waals surface area contributed by atoms with Crippen molar-refractivity contribution in [3.05, 3.63) is 29.8 Å². The molecule has 0 aromatic heterocycles. The van der Waals surface area contributed by atoms with Crippen LogP contribution in [-0.4, -0.2) is 35.7 Å². The Morgan fingerprint density at radius 1 is 1.43 bits per heavy atom. The molecule has 1 saturated carbocycles. The van der Waals surface area contributed by atoms with Gasteiger partial charge in [0.05, 0.1) is 0 Å². The maximum atomic E-state index is 11.8. The Bertz CT molecular complexity index is 541. The third-order valence-electron chi connectivity index (χ3n) is 4.51. The highest BCUT2D eigenvalue weighted by Crippen LogP contribution is 2.31. The summed E-state index contributed by atoms with van der Waals surface area (Å²) in [5.74, 6) is -0.205. The second-order valence-corrected chi connectivity index (χ2v) is 6.87. The van der Waals surface area contributed by atoms with Crippen LogP contribution < -0.4 is 10.2 Å². The third kappa shape index (κ3) is 3.05. The average molecular weight is 288 g/mol. The molecule has 1 aromatic rings. The van der Waals surface area contributed by atoms with Crippen LogP contribution in [0.4, 0.5) is 5.69 Å². The summed E-state index contributed by atoms with van der Waals surface area (Å²) in [6.45, 7) is 5.48. The molecular weight excluding hydrogens is 264 g/mol. The molecule has 0 amide bonds. The Labute approximate surface area is 126 Å². The van der Waals surface area contributed by atoms with E-state index in [0.29, 0.717) is 18.5 Å². The van der Waals surface area contributed by atoms with Gasteiger partial charge in [-0.2, -0.15) is 0 Å². The molecule has 1 aromatic carbocycles. The number of aliphatic carboxylic acids is 1. The summed E-state index contributed by atoms with van der Waals surface area (Å²) in [6, 6.07) is 8.75. The molecule has 1 aliphatic carbocycles. The Hall–Kier alpha value is -1.55. The summed E-state index contributed by atoms with van der Waals surface area (Å²) < 4.78 is 0. The van der Waals surface area contributed by atoms with E-state index in [0.717, 1.165) is 25.8 Å². The number of nitrogens with one attached hydrogen (secondary N) is 1. The predicted molar refractivity (Wildman–Crippen MR) is 83.7 cm³/mol. The van der Waals surface area contributed by atoms with Crippen LogP contribution in [0.15, 0.2) is 24.3 Å². The molecular formula is C17H24N2O2. The highest BCUT2D eigenvalue weighted by atomic mass is 16.4. The second-order valence-electron chi connectivity index (χ2n) is 6.87. The van der Waals surface area contributed by atoms with Gasteiger partial charge < -0.3 is 10.0 Å². The van der Waals surface area contributed by atoms with E-state index in [1.165, 1.54) is 11.3 Å². The first-order chi connectivity index (χ1) is 9.98. The van der Waals surface area contributed by atoms with Gasteiger partial charge in [0.25, 0.3) is 0 Å². The van der Waals surface area contributed by atoms with Gasteiger partial charge in [-0.05, 0) is 43.7 Å². The van der Waals surface area contributed by atoms with Crippen LogP contribution in [0.25, 0.3) is 0 Å². The van der Waals surface area contributed by atoms with Crippen molar-refractivity contribution in [2.24, 2.45) is 5.92 Å².